The Morgan fingerprint density at radius 3 is 2.38 bits per heavy atom. The van der Waals surface area contributed by atoms with Crippen LogP contribution in [-0.2, 0) is 11.3 Å². The van der Waals surface area contributed by atoms with E-state index in [4.69, 9.17) is 0 Å². The van der Waals surface area contributed by atoms with E-state index in [1.807, 2.05) is 19.1 Å². The van der Waals surface area contributed by atoms with E-state index in [1.165, 1.54) is 11.1 Å². The molecule has 4 heteroatoms. The van der Waals surface area contributed by atoms with Crippen LogP contribution in [0.25, 0.3) is 0 Å². The fraction of sp³-hybridized carbons (Fsp3) is 0.300. The minimum atomic E-state index is -0.116. The molecule has 124 valence electrons. The lowest BCUT2D eigenvalue weighted by molar-refractivity contribution is -0.117. The summed E-state index contributed by atoms with van der Waals surface area (Å²) in [5.74, 6) is 0.128. The number of nitrogens with one attached hydrogen (secondary N) is 2. The standard InChI is InChI=1S/C20H22N2O2/c1-13-3-4-17(14(2)11-13)12-21-19(23)15-7-9-18(10-8-15)22-20(24)16-5-6-16/h3-4,7-11,16H,5-6,12H2,1-2H3,(H,21,23)(H,22,24). The highest BCUT2D eigenvalue weighted by molar-refractivity contribution is 5.96. The Morgan fingerprint density at radius 2 is 1.75 bits per heavy atom. The monoisotopic (exact) mass is 322 g/mol. The first kappa shape index (κ1) is 16.2. The Hall–Kier alpha value is -2.62. The predicted octanol–water partition coefficient (Wildman–Crippen LogP) is 3.58. The molecule has 0 heterocycles. The highest BCUT2D eigenvalue weighted by Gasteiger charge is 2.29. The SMILES string of the molecule is Cc1ccc(CNC(=O)c2ccc(NC(=O)C3CC3)cc2)c(C)c1. The summed E-state index contributed by atoms with van der Waals surface area (Å²) in [6, 6.07) is 13.2. The van der Waals surface area contributed by atoms with E-state index in [9.17, 15) is 9.59 Å². The van der Waals surface area contributed by atoms with Gasteiger partial charge in [0.05, 0.1) is 0 Å². The number of carbonyl (C=O) groups is 2. The molecule has 3 rings (SSSR count). The zero-order valence-corrected chi connectivity index (χ0v) is 14.1. The second-order valence-corrected chi connectivity index (χ2v) is 6.45. The van der Waals surface area contributed by atoms with Crippen molar-refractivity contribution in [1.82, 2.24) is 5.32 Å². The first-order chi connectivity index (χ1) is 11.5. The normalized spacial score (nSPS) is 13.4. The van der Waals surface area contributed by atoms with Crippen molar-refractivity contribution >= 4 is 17.5 Å². The summed E-state index contributed by atoms with van der Waals surface area (Å²) < 4.78 is 0. The second-order valence-electron chi connectivity index (χ2n) is 6.45. The van der Waals surface area contributed by atoms with E-state index in [1.54, 1.807) is 24.3 Å². The third-order valence-electron chi connectivity index (χ3n) is 4.30. The van der Waals surface area contributed by atoms with Crippen molar-refractivity contribution in [3.8, 4) is 0 Å². The molecule has 0 aromatic heterocycles. The molecule has 1 aliphatic carbocycles. The number of anilines is 1. The summed E-state index contributed by atoms with van der Waals surface area (Å²) in [4.78, 5) is 24.0. The summed E-state index contributed by atoms with van der Waals surface area (Å²) in [6.07, 6.45) is 1.95. The summed E-state index contributed by atoms with van der Waals surface area (Å²) in [6.45, 7) is 4.61. The van der Waals surface area contributed by atoms with Crippen LogP contribution >= 0.6 is 0 Å². The minimum Gasteiger partial charge on any atom is -0.348 e. The third kappa shape index (κ3) is 4.02. The summed E-state index contributed by atoms with van der Waals surface area (Å²) >= 11 is 0. The van der Waals surface area contributed by atoms with Gasteiger partial charge in [-0.2, -0.15) is 0 Å². The van der Waals surface area contributed by atoms with E-state index in [0.29, 0.717) is 12.1 Å². The Kier molecular flexibility index (Phi) is 4.65. The van der Waals surface area contributed by atoms with Crippen LogP contribution in [0.4, 0.5) is 5.69 Å². The number of rotatable bonds is 5. The van der Waals surface area contributed by atoms with Gasteiger partial charge in [0, 0.05) is 23.7 Å². The van der Waals surface area contributed by atoms with Gasteiger partial charge in [-0.1, -0.05) is 23.8 Å². The van der Waals surface area contributed by atoms with Gasteiger partial charge in [0.25, 0.3) is 5.91 Å². The first-order valence-electron chi connectivity index (χ1n) is 8.28. The maximum Gasteiger partial charge on any atom is 0.251 e. The van der Waals surface area contributed by atoms with Gasteiger partial charge in [-0.05, 0) is 62.1 Å². The van der Waals surface area contributed by atoms with E-state index in [0.717, 1.165) is 24.1 Å². The Balaban J connectivity index is 1.57. The molecule has 1 aliphatic rings. The number of hydrogen-bond donors (Lipinski definition) is 2. The van der Waals surface area contributed by atoms with E-state index in [-0.39, 0.29) is 17.7 Å². The molecule has 0 bridgehead atoms. The van der Waals surface area contributed by atoms with Crippen molar-refractivity contribution < 1.29 is 9.59 Å². The molecule has 1 fully saturated rings. The average Bonchev–Trinajstić information content (AvgIpc) is 3.39. The third-order valence-corrected chi connectivity index (χ3v) is 4.30. The van der Waals surface area contributed by atoms with Gasteiger partial charge in [-0.15, -0.1) is 0 Å². The lowest BCUT2D eigenvalue weighted by Gasteiger charge is -2.10. The number of amides is 2. The van der Waals surface area contributed by atoms with Crippen LogP contribution in [-0.4, -0.2) is 11.8 Å². The quantitative estimate of drug-likeness (QED) is 0.884. The molecule has 2 aromatic carbocycles. The van der Waals surface area contributed by atoms with E-state index < -0.39 is 0 Å². The summed E-state index contributed by atoms with van der Waals surface area (Å²) in [5, 5.41) is 5.81. The maximum absolute atomic E-state index is 12.2. The van der Waals surface area contributed by atoms with Crippen LogP contribution in [0.15, 0.2) is 42.5 Å². The minimum absolute atomic E-state index is 0.0713. The molecule has 0 aliphatic heterocycles. The van der Waals surface area contributed by atoms with Gasteiger partial charge in [0.15, 0.2) is 0 Å². The highest BCUT2D eigenvalue weighted by Crippen LogP contribution is 2.30. The van der Waals surface area contributed by atoms with Crippen LogP contribution in [0, 0.1) is 19.8 Å². The molecule has 4 nitrogen and oxygen atoms in total. The lowest BCUT2D eigenvalue weighted by atomic mass is 10.1. The van der Waals surface area contributed by atoms with Crippen molar-refractivity contribution in [2.24, 2.45) is 5.92 Å². The summed E-state index contributed by atoms with van der Waals surface area (Å²) in [5.41, 5.74) is 4.82. The van der Waals surface area contributed by atoms with Gasteiger partial charge < -0.3 is 10.6 Å². The second kappa shape index (κ2) is 6.87. The van der Waals surface area contributed by atoms with Crippen molar-refractivity contribution in [3.05, 3.63) is 64.7 Å². The number of carbonyl (C=O) groups excluding carboxylic acids is 2. The Bertz CT molecular complexity index is 762. The van der Waals surface area contributed by atoms with Crippen molar-refractivity contribution in [3.63, 3.8) is 0 Å². The molecule has 0 saturated heterocycles. The van der Waals surface area contributed by atoms with Crippen LogP contribution in [0.2, 0.25) is 0 Å². The molecule has 0 unspecified atom stereocenters. The van der Waals surface area contributed by atoms with Crippen molar-refractivity contribution in [1.29, 1.82) is 0 Å². The van der Waals surface area contributed by atoms with E-state index >= 15 is 0 Å². The fourth-order valence-electron chi connectivity index (χ4n) is 2.62. The summed E-state index contributed by atoms with van der Waals surface area (Å²) in [7, 11) is 0. The van der Waals surface area contributed by atoms with Crippen molar-refractivity contribution in [2.75, 3.05) is 5.32 Å². The molecule has 2 amide bonds. The number of hydrogen-bond acceptors (Lipinski definition) is 2. The molecule has 0 atom stereocenters. The van der Waals surface area contributed by atoms with E-state index in [2.05, 4.69) is 23.6 Å². The number of benzene rings is 2. The molecular weight excluding hydrogens is 300 g/mol. The van der Waals surface area contributed by atoms with Crippen LogP contribution in [0.5, 0.6) is 0 Å². The topological polar surface area (TPSA) is 58.2 Å². The molecule has 0 spiro atoms. The highest BCUT2D eigenvalue weighted by atomic mass is 16.2. The van der Waals surface area contributed by atoms with Gasteiger partial charge >= 0.3 is 0 Å². The average molecular weight is 322 g/mol. The molecule has 2 N–H and O–H groups in total. The fourth-order valence-corrected chi connectivity index (χ4v) is 2.62. The van der Waals surface area contributed by atoms with Crippen LogP contribution in [0.1, 0.15) is 39.9 Å². The molecular formula is C20H22N2O2. The zero-order chi connectivity index (χ0) is 17.1. The smallest absolute Gasteiger partial charge is 0.251 e. The van der Waals surface area contributed by atoms with Crippen molar-refractivity contribution in [2.45, 2.75) is 33.2 Å². The lowest BCUT2D eigenvalue weighted by Crippen LogP contribution is -2.23. The van der Waals surface area contributed by atoms with Gasteiger partial charge in [0.1, 0.15) is 0 Å². The molecule has 2 aromatic rings. The maximum atomic E-state index is 12.2. The van der Waals surface area contributed by atoms with Gasteiger partial charge in [-0.25, -0.2) is 0 Å². The molecule has 0 radical (unpaired) electrons. The predicted molar refractivity (Wildman–Crippen MR) is 94.9 cm³/mol. The van der Waals surface area contributed by atoms with Crippen LogP contribution < -0.4 is 10.6 Å². The molecule has 1 saturated carbocycles. The van der Waals surface area contributed by atoms with Gasteiger partial charge in [0.2, 0.25) is 5.91 Å². The number of aryl methyl sites for hydroxylation is 2. The van der Waals surface area contributed by atoms with Gasteiger partial charge in [-0.3, -0.25) is 9.59 Å². The molecule has 24 heavy (non-hydrogen) atoms. The largest absolute Gasteiger partial charge is 0.348 e. The Morgan fingerprint density at radius 1 is 1.04 bits per heavy atom. The first-order valence-corrected chi connectivity index (χ1v) is 8.28. The zero-order valence-electron chi connectivity index (χ0n) is 14.1. The Labute approximate surface area is 142 Å². The van der Waals surface area contributed by atoms with Crippen LogP contribution in [0.3, 0.4) is 0 Å².